The fourth-order valence-corrected chi connectivity index (χ4v) is 3.76. The van der Waals surface area contributed by atoms with Crippen LogP contribution in [0.25, 0.3) is 0 Å². The monoisotopic (exact) mass is 440 g/mol. The number of rotatable bonds is 5. The summed E-state index contributed by atoms with van der Waals surface area (Å²) >= 11 is 23.8. The number of halogens is 4. The van der Waals surface area contributed by atoms with Crippen molar-refractivity contribution < 1.29 is 13.2 Å². The molecule has 1 amide bonds. The van der Waals surface area contributed by atoms with Gasteiger partial charge < -0.3 is 5.32 Å². The normalized spacial score (nSPS) is 11.2. The summed E-state index contributed by atoms with van der Waals surface area (Å²) in [6.45, 7) is -0.497. The largest absolute Gasteiger partial charge is 0.323 e. The molecule has 2 aromatic rings. The number of hydrogen-bond acceptors (Lipinski definition) is 3. The van der Waals surface area contributed by atoms with Gasteiger partial charge in [-0.05, 0) is 30.3 Å². The first-order chi connectivity index (χ1) is 11.6. The van der Waals surface area contributed by atoms with E-state index in [2.05, 4.69) is 5.32 Å². The molecule has 1 N–H and O–H groups in total. The van der Waals surface area contributed by atoms with Crippen LogP contribution in [0.5, 0.6) is 0 Å². The predicted octanol–water partition coefficient (Wildman–Crippen LogP) is 4.70. The van der Waals surface area contributed by atoms with E-state index in [1.54, 1.807) is 18.2 Å². The topological polar surface area (TPSA) is 66.5 Å². The number of benzene rings is 2. The van der Waals surface area contributed by atoms with Crippen LogP contribution < -0.4 is 9.62 Å². The fourth-order valence-electron chi connectivity index (χ4n) is 1.99. The number of sulfonamides is 1. The summed E-state index contributed by atoms with van der Waals surface area (Å²) in [7, 11) is -3.77. The molecule has 0 radical (unpaired) electrons. The summed E-state index contributed by atoms with van der Waals surface area (Å²) < 4.78 is 25.0. The Morgan fingerprint density at radius 1 is 1.08 bits per heavy atom. The van der Waals surface area contributed by atoms with Gasteiger partial charge in [0, 0.05) is 5.02 Å². The number of nitrogens with one attached hydrogen (secondary N) is 1. The molecule has 0 fully saturated rings. The molecule has 2 aromatic carbocycles. The quantitative estimate of drug-likeness (QED) is 0.730. The van der Waals surface area contributed by atoms with Gasteiger partial charge in [0.15, 0.2) is 0 Å². The second-order valence-electron chi connectivity index (χ2n) is 5.01. The zero-order valence-electron chi connectivity index (χ0n) is 12.8. The number of nitrogens with zero attached hydrogens (tertiary/aromatic N) is 1. The zero-order chi connectivity index (χ0) is 18.8. The minimum atomic E-state index is -3.77. The third kappa shape index (κ3) is 5.15. The van der Waals surface area contributed by atoms with Gasteiger partial charge in [0.1, 0.15) is 6.54 Å². The highest BCUT2D eigenvalue weighted by Crippen LogP contribution is 2.31. The van der Waals surface area contributed by atoms with E-state index in [9.17, 15) is 13.2 Å². The molecule has 0 aliphatic rings. The predicted molar refractivity (Wildman–Crippen MR) is 104 cm³/mol. The summed E-state index contributed by atoms with van der Waals surface area (Å²) in [5, 5.41) is 3.40. The van der Waals surface area contributed by atoms with Crippen LogP contribution in [0.4, 0.5) is 11.4 Å². The van der Waals surface area contributed by atoms with Crippen LogP contribution in [0.15, 0.2) is 36.4 Å². The van der Waals surface area contributed by atoms with E-state index >= 15 is 0 Å². The van der Waals surface area contributed by atoms with Crippen LogP contribution in [0, 0.1) is 0 Å². The van der Waals surface area contributed by atoms with Gasteiger partial charge in [-0.1, -0.05) is 52.5 Å². The highest BCUT2D eigenvalue weighted by molar-refractivity contribution is 7.92. The molecule has 0 saturated carbocycles. The number of hydrogen-bond donors (Lipinski definition) is 1. The summed E-state index contributed by atoms with van der Waals surface area (Å²) in [6.07, 6.45) is 0.970. The Morgan fingerprint density at radius 2 is 1.76 bits per heavy atom. The highest BCUT2D eigenvalue weighted by atomic mass is 35.5. The van der Waals surface area contributed by atoms with E-state index in [4.69, 9.17) is 46.4 Å². The molecule has 0 aromatic heterocycles. The van der Waals surface area contributed by atoms with Crippen LogP contribution in [-0.2, 0) is 14.8 Å². The molecule has 134 valence electrons. The molecule has 0 aliphatic heterocycles. The van der Waals surface area contributed by atoms with E-state index < -0.39 is 22.5 Å². The summed E-state index contributed by atoms with van der Waals surface area (Å²) in [5.41, 5.74) is 0.413. The van der Waals surface area contributed by atoms with E-state index in [0.717, 1.165) is 10.6 Å². The molecule has 10 heteroatoms. The molecule has 5 nitrogen and oxygen atoms in total. The first-order valence-electron chi connectivity index (χ1n) is 6.76. The molecule has 2 rings (SSSR count). The lowest BCUT2D eigenvalue weighted by Gasteiger charge is -2.23. The van der Waals surface area contributed by atoms with Gasteiger partial charge >= 0.3 is 0 Å². The van der Waals surface area contributed by atoms with Gasteiger partial charge in [-0.3, -0.25) is 9.10 Å². The SMILES string of the molecule is CS(=O)(=O)N(CC(=O)Nc1cccc(Cl)c1Cl)c1ccc(Cl)cc1Cl. The molecule has 0 atom stereocenters. The van der Waals surface area contributed by atoms with Crippen LogP contribution in [0.2, 0.25) is 20.1 Å². The zero-order valence-corrected chi connectivity index (χ0v) is 16.6. The Balaban J connectivity index is 2.29. The molecule has 0 unspecified atom stereocenters. The van der Waals surface area contributed by atoms with Gasteiger partial charge in [-0.2, -0.15) is 0 Å². The van der Waals surface area contributed by atoms with Crippen molar-refractivity contribution in [3.63, 3.8) is 0 Å². The second-order valence-corrected chi connectivity index (χ2v) is 8.55. The van der Waals surface area contributed by atoms with Crippen molar-refractivity contribution in [3.8, 4) is 0 Å². The fraction of sp³-hybridized carbons (Fsp3) is 0.133. The smallest absolute Gasteiger partial charge is 0.245 e. The Labute approximate surface area is 165 Å². The third-order valence-corrected chi connectivity index (χ3v) is 5.57. The van der Waals surface area contributed by atoms with Crippen molar-refractivity contribution in [2.24, 2.45) is 0 Å². The van der Waals surface area contributed by atoms with Crippen LogP contribution in [0.1, 0.15) is 0 Å². The highest BCUT2D eigenvalue weighted by Gasteiger charge is 2.23. The van der Waals surface area contributed by atoms with Gasteiger partial charge in [-0.15, -0.1) is 0 Å². The van der Waals surface area contributed by atoms with E-state index in [1.165, 1.54) is 18.2 Å². The molecular formula is C15H12Cl4N2O3S. The maximum atomic E-state index is 12.3. The van der Waals surface area contributed by atoms with Crippen LogP contribution >= 0.6 is 46.4 Å². The minimum Gasteiger partial charge on any atom is -0.323 e. The van der Waals surface area contributed by atoms with Gasteiger partial charge in [0.25, 0.3) is 0 Å². The first kappa shape index (κ1) is 20.1. The number of amides is 1. The Morgan fingerprint density at radius 3 is 2.36 bits per heavy atom. The van der Waals surface area contributed by atoms with Crippen molar-refractivity contribution in [1.82, 2.24) is 0 Å². The van der Waals surface area contributed by atoms with E-state index in [-0.39, 0.29) is 26.4 Å². The molecule has 25 heavy (non-hydrogen) atoms. The Kier molecular flexibility index (Phi) is 6.45. The van der Waals surface area contributed by atoms with Crippen molar-refractivity contribution >= 4 is 73.7 Å². The lowest BCUT2D eigenvalue weighted by molar-refractivity contribution is -0.114. The molecular weight excluding hydrogens is 430 g/mol. The molecule has 0 saturated heterocycles. The maximum absolute atomic E-state index is 12.3. The van der Waals surface area contributed by atoms with E-state index in [0.29, 0.717) is 5.02 Å². The van der Waals surface area contributed by atoms with Crippen LogP contribution in [-0.4, -0.2) is 27.1 Å². The average molecular weight is 442 g/mol. The van der Waals surface area contributed by atoms with Crippen molar-refractivity contribution in [1.29, 1.82) is 0 Å². The number of anilines is 2. The minimum absolute atomic E-state index is 0.103. The summed E-state index contributed by atoms with van der Waals surface area (Å²) in [4.78, 5) is 12.3. The summed E-state index contributed by atoms with van der Waals surface area (Å²) in [5.74, 6) is -0.611. The summed E-state index contributed by atoms with van der Waals surface area (Å²) in [6, 6.07) is 9.01. The van der Waals surface area contributed by atoms with Gasteiger partial charge in [0.05, 0.1) is 32.7 Å². The van der Waals surface area contributed by atoms with Gasteiger partial charge in [0.2, 0.25) is 15.9 Å². The van der Waals surface area contributed by atoms with Crippen LogP contribution in [0.3, 0.4) is 0 Å². The average Bonchev–Trinajstić information content (AvgIpc) is 2.49. The van der Waals surface area contributed by atoms with E-state index in [1.807, 2.05) is 0 Å². The van der Waals surface area contributed by atoms with Crippen molar-refractivity contribution in [2.45, 2.75) is 0 Å². The number of carbonyl (C=O) groups is 1. The maximum Gasteiger partial charge on any atom is 0.245 e. The number of carbonyl (C=O) groups excluding carboxylic acids is 1. The third-order valence-electron chi connectivity index (χ3n) is 3.09. The second kappa shape index (κ2) is 8.01. The van der Waals surface area contributed by atoms with Crippen molar-refractivity contribution in [3.05, 3.63) is 56.5 Å². The molecule has 0 aliphatic carbocycles. The lowest BCUT2D eigenvalue weighted by Crippen LogP contribution is -2.37. The Hall–Kier alpha value is -1.18. The lowest BCUT2D eigenvalue weighted by atomic mass is 10.3. The van der Waals surface area contributed by atoms with Gasteiger partial charge in [-0.25, -0.2) is 8.42 Å². The molecule has 0 heterocycles. The first-order valence-corrected chi connectivity index (χ1v) is 10.1. The molecule has 0 bridgehead atoms. The molecule has 0 spiro atoms. The Bertz CT molecular complexity index is 919. The standard InChI is InChI=1S/C15H12Cl4N2O3S/c1-25(23,24)21(13-6-5-9(16)7-11(13)18)8-14(22)20-12-4-2-3-10(17)15(12)19/h2-7H,8H2,1H3,(H,20,22). The van der Waals surface area contributed by atoms with Crippen molar-refractivity contribution in [2.75, 3.05) is 22.4 Å².